The number of ether oxygens (including phenoxy) is 3. The highest BCUT2D eigenvalue weighted by Gasteiger charge is 2.36. The molecule has 0 aliphatic heterocycles. The van der Waals surface area contributed by atoms with E-state index in [-0.39, 0.29) is 0 Å². The van der Waals surface area contributed by atoms with Gasteiger partial charge < -0.3 is 24.8 Å². The van der Waals surface area contributed by atoms with Crippen LogP contribution in [0.4, 0.5) is 0 Å². The van der Waals surface area contributed by atoms with Gasteiger partial charge in [-0.05, 0) is 49.3 Å². The highest BCUT2D eigenvalue weighted by Crippen LogP contribution is 2.43. The summed E-state index contributed by atoms with van der Waals surface area (Å²) in [6.45, 7) is 4.97. The van der Waals surface area contributed by atoms with Gasteiger partial charge in [-0.25, -0.2) is 4.98 Å². The normalized spacial score (nSPS) is 15.0. The molecule has 1 aromatic carbocycles. The van der Waals surface area contributed by atoms with Crippen LogP contribution < -0.4 is 20.1 Å². The minimum absolute atomic E-state index is 0.318. The molecule has 32 heavy (non-hydrogen) atoms. The monoisotopic (exact) mass is 440 g/mol. The van der Waals surface area contributed by atoms with Crippen molar-refractivity contribution in [3.8, 4) is 17.4 Å². The summed E-state index contributed by atoms with van der Waals surface area (Å²) >= 11 is 0. The molecule has 2 N–H and O–H groups in total. The number of nitrogens with zero attached hydrogens (tertiary/aromatic N) is 2. The van der Waals surface area contributed by atoms with Gasteiger partial charge in [0.2, 0.25) is 5.88 Å². The summed E-state index contributed by atoms with van der Waals surface area (Å²) in [6.07, 6.45) is 7.51. The highest BCUT2D eigenvalue weighted by molar-refractivity contribution is 5.79. The molecule has 1 saturated carbocycles. The average molecular weight is 441 g/mol. The first-order valence-corrected chi connectivity index (χ1v) is 11.5. The predicted molar refractivity (Wildman–Crippen MR) is 128 cm³/mol. The third kappa shape index (κ3) is 6.60. The van der Waals surface area contributed by atoms with Crippen LogP contribution in [0.25, 0.3) is 0 Å². The summed E-state index contributed by atoms with van der Waals surface area (Å²) in [7, 11) is 3.56. The number of para-hydroxylation sites is 2. The Bertz CT molecular complexity index is 868. The van der Waals surface area contributed by atoms with E-state index in [1.165, 1.54) is 19.3 Å². The summed E-state index contributed by atoms with van der Waals surface area (Å²) in [5.74, 6) is 2.71. The second-order valence-corrected chi connectivity index (χ2v) is 8.24. The first-order valence-electron chi connectivity index (χ1n) is 11.5. The van der Waals surface area contributed by atoms with E-state index in [1.54, 1.807) is 20.4 Å². The Labute approximate surface area is 191 Å². The minimum atomic E-state index is 0.318. The zero-order valence-electron chi connectivity index (χ0n) is 19.5. The molecule has 1 aromatic heterocycles. The van der Waals surface area contributed by atoms with Gasteiger partial charge >= 0.3 is 0 Å². The number of aromatic nitrogens is 1. The molecule has 174 valence electrons. The molecule has 0 saturated heterocycles. The number of hydrogen-bond acceptors (Lipinski definition) is 5. The standard InChI is InChI=1S/C25H36N4O3/c1-4-16-31-21-10-5-6-11-22(21)32-23-20(9-7-15-27-23)18-28-24(26-2)29-19-25(12-8-13-25)14-17-30-3/h5-7,9-11,15H,4,8,12-14,16-19H2,1-3H3,(H2,26,28,29). The summed E-state index contributed by atoms with van der Waals surface area (Å²) in [5, 5.41) is 6.89. The molecule has 1 aliphatic carbocycles. The molecule has 0 atom stereocenters. The molecule has 0 amide bonds. The molecule has 0 unspecified atom stereocenters. The largest absolute Gasteiger partial charge is 0.490 e. The zero-order chi connectivity index (χ0) is 22.7. The lowest BCUT2D eigenvalue weighted by Gasteiger charge is -2.42. The molecule has 0 radical (unpaired) electrons. The Balaban J connectivity index is 1.60. The zero-order valence-corrected chi connectivity index (χ0v) is 19.5. The van der Waals surface area contributed by atoms with Crippen molar-refractivity contribution in [3.05, 3.63) is 48.2 Å². The van der Waals surface area contributed by atoms with Crippen LogP contribution in [0.3, 0.4) is 0 Å². The fourth-order valence-corrected chi connectivity index (χ4v) is 3.80. The first-order chi connectivity index (χ1) is 15.7. The number of rotatable bonds is 12. The number of benzene rings is 1. The van der Waals surface area contributed by atoms with Gasteiger partial charge in [-0.15, -0.1) is 0 Å². The Morgan fingerprint density at radius 1 is 1.09 bits per heavy atom. The summed E-state index contributed by atoms with van der Waals surface area (Å²) < 4.78 is 17.3. The van der Waals surface area contributed by atoms with E-state index in [0.29, 0.717) is 30.2 Å². The van der Waals surface area contributed by atoms with Gasteiger partial charge in [0.1, 0.15) is 0 Å². The smallest absolute Gasteiger partial charge is 0.224 e. The SMILES string of the molecule is CCCOc1ccccc1Oc1ncccc1CNC(=NC)NCC1(CCOC)CCC1. The van der Waals surface area contributed by atoms with Crippen molar-refractivity contribution < 1.29 is 14.2 Å². The van der Waals surface area contributed by atoms with Gasteiger partial charge in [-0.2, -0.15) is 0 Å². The Hall–Kier alpha value is -2.80. The van der Waals surface area contributed by atoms with Crippen molar-refractivity contribution in [2.75, 3.05) is 33.9 Å². The third-order valence-electron chi connectivity index (χ3n) is 5.92. The fourth-order valence-electron chi connectivity index (χ4n) is 3.80. The van der Waals surface area contributed by atoms with Gasteiger partial charge in [-0.3, -0.25) is 4.99 Å². The van der Waals surface area contributed by atoms with E-state index in [2.05, 4.69) is 27.5 Å². The van der Waals surface area contributed by atoms with Crippen LogP contribution >= 0.6 is 0 Å². The summed E-state index contributed by atoms with van der Waals surface area (Å²) in [5.41, 5.74) is 1.26. The lowest BCUT2D eigenvalue weighted by molar-refractivity contribution is 0.0732. The second kappa shape index (κ2) is 12.3. The Morgan fingerprint density at radius 2 is 1.91 bits per heavy atom. The maximum absolute atomic E-state index is 6.14. The third-order valence-corrected chi connectivity index (χ3v) is 5.92. The van der Waals surface area contributed by atoms with Gasteiger partial charge in [0.15, 0.2) is 17.5 Å². The molecule has 7 nitrogen and oxygen atoms in total. The van der Waals surface area contributed by atoms with Crippen LogP contribution in [0.15, 0.2) is 47.6 Å². The van der Waals surface area contributed by atoms with E-state index in [9.17, 15) is 0 Å². The maximum atomic E-state index is 6.14. The first kappa shape index (κ1) is 23.9. The fraction of sp³-hybridized carbons (Fsp3) is 0.520. The van der Waals surface area contributed by atoms with Crippen molar-refractivity contribution in [2.45, 2.75) is 45.6 Å². The molecule has 0 bridgehead atoms. The van der Waals surface area contributed by atoms with Crippen LogP contribution in [0.1, 0.15) is 44.6 Å². The summed E-state index contributed by atoms with van der Waals surface area (Å²) in [4.78, 5) is 8.84. The predicted octanol–water partition coefficient (Wildman–Crippen LogP) is 4.53. The molecule has 1 aliphatic rings. The quantitative estimate of drug-likeness (QED) is 0.373. The van der Waals surface area contributed by atoms with E-state index < -0.39 is 0 Å². The average Bonchev–Trinajstić information content (AvgIpc) is 2.80. The minimum Gasteiger partial charge on any atom is -0.490 e. The van der Waals surface area contributed by atoms with Gasteiger partial charge in [0, 0.05) is 45.6 Å². The van der Waals surface area contributed by atoms with Gasteiger partial charge in [0.05, 0.1) is 6.61 Å². The van der Waals surface area contributed by atoms with Crippen molar-refractivity contribution in [3.63, 3.8) is 0 Å². The lowest BCUT2D eigenvalue weighted by Crippen LogP contribution is -2.46. The molecule has 7 heteroatoms. The van der Waals surface area contributed by atoms with Crippen molar-refractivity contribution in [2.24, 2.45) is 10.4 Å². The van der Waals surface area contributed by atoms with Crippen LogP contribution in [-0.4, -0.2) is 44.9 Å². The second-order valence-electron chi connectivity index (χ2n) is 8.24. The number of aliphatic imine (C=N–C) groups is 1. The molecule has 3 rings (SSSR count). The Morgan fingerprint density at radius 3 is 2.59 bits per heavy atom. The number of pyridine rings is 1. The molecule has 0 spiro atoms. The number of guanidine groups is 1. The highest BCUT2D eigenvalue weighted by atomic mass is 16.5. The van der Waals surface area contributed by atoms with E-state index in [1.807, 2.05) is 36.4 Å². The molecular weight excluding hydrogens is 404 g/mol. The molecule has 2 aromatic rings. The van der Waals surface area contributed by atoms with E-state index >= 15 is 0 Å². The molecule has 1 heterocycles. The Kier molecular flexibility index (Phi) is 9.16. The van der Waals surface area contributed by atoms with Crippen molar-refractivity contribution in [1.82, 2.24) is 15.6 Å². The van der Waals surface area contributed by atoms with E-state index in [4.69, 9.17) is 14.2 Å². The van der Waals surface area contributed by atoms with Crippen molar-refractivity contribution in [1.29, 1.82) is 0 Å². The maximum Gasteiger partial charge on any atom is 0.224 e. The van der Waals surface area contributed by atoms with Crippen LogP contribution in [0, 0.1) is 5.41 Å². The van der Waals surface area contributed by atoms with Crippen LogP contribution in [0.2, 0.25) is 0 Å². The van der Waals surface area contributed by atoms with Crippen LogP contribution in [-0.2, 0) is 11.3 Å². The van der Waals surface area contributed by atoms with Gasteiger partial charge in [0.25, 0.3) is 0 Å². The lowest BCUT2D eigenvalue weighted by atomic mass is 9.67. The topological polar surface area (TPSA) is 77.0 Å². The van der Waals surface area contributed by atoms with Gasteiger partial charge in [-0.1, -0.05) is 31.5 Å². The van der Waals surface area contributed by atoms with Crippen molar-refractivity contribution >= 4 is 5.96 Å². The number of hydrogen-bond donors (Lipinski definition) is 2. The molecular formula is C25H36N4O3. The van der Waals surface area contributed by atoms with Crippen LogP contribution in [0.5, 0.6) is 17.4 Å². The molecule has 1 fully saturated rings. The van der Waals surface area contributed by atoms with E-state index in [0.717, 1.165) is 43.3 Å². The number of nitrogens with one attached hydrogen (secondary N) is 2. The number of methoxy groups -OCH3 is 1. The summed E-state index contributed by atoms with van der Waals surface area (Å²) in [6, 6.07) is 11.6.